The molecule has 2 aromatic carbocycles. The van der Waals surface area contributed by atoms with Gasteiger partial charge in [0.25, 0.3) is 11.1 Å². The number of aromatic carboxylic acids is 1. The van der Waals surface area contributed by atoms with Gasteiger partial charge < -0.3 is 15.2 Å². The largest absolute Gasteiger partial charge is 0.478 e. The molecular formula is C19H16N2O6S. The van der Waals surface area contributed by atoms with Gasteiger partial charge >= 0.3 is 11.9 Å². The molecule has 0 unspecified atom stereocenters. The molecule has 2 amide bonds. The van der Waals surface area contributed by atoms with Crippen LogP contribution < -0.4 is 5.32 Å². The molecule has 0 aliphatic carbocycles. The van der Waals surface area contributed by atoms with Crippen LogP contribution in [-0.2, 0) is 16.1 Å². The summed E-state index contributed by atoms with van der Waals surface area (Å²) >= 11 is 0.860. The Kier molecular flexibility index (Phi) is 5.65. The second kappa shape index (κ2) is 8.13. The Morgan fingerprint density at radius 3 is 2.25 bits per heavy atom. The zero-order chi connectivity index (χ0) is 20.3. The fourth-order valence-electron chi connectivity index (χ4n) is 2.59. The van der Waals surface area contributed by atoms with Crippen LogP contribution in [0.4, 0.5) is 10.5 Å². The number of carbonyl (C=O) groups excluding carboxylic acids is 3. The first-order valence-electron chi connectivity index (χ1n) is 8.18. The average Bonchev–Trinajstić information content (AvgIpc) is 2.95. The number of thioether (sulfide) groups is 1. The lowest BCUT2D eigenvalue weighted by Gasteiger charge is -2.15. The topological polar surface area (TPSA) is 113 Å². The Balaban J connectivity index is 1.66. The molecule has 0 radical (unpaired) electrons. The molecule has 3 rings (SSSR count). The van der Waals surface area contributed by atoms with Crippen LogP contribution >= 0.6 is 11.8 Å². The van der Waals surface area contributed by atoms with Crippen LogP contribution in [0.25, 0.3) is 0 Å². The number of rotatable bonds is 6. The Morgan fingerprint density at radius 1 is 1.07 bits per heavy atom. The van der Waals surface area contributed by atoms with Gasteiger partial charge in [0, 0.05) is 5.69 Å². The molecule has 144 valence electrons. The highest BCUT2D eigenvalue weighted by Crippen LogP contribution is 2.29. The number of imide groups is 1. The second-order valence-corrected chi connectivity index (χ2v) is 6.96. The number of esters is 1. The van der Waals surface area contributed by atoms with Crippen molar-refractivity contribution in [3.63, 3.8) is 0 Å². The van der Waals surface area contributed by atoms with Gasteiger partial charge in [0.05, 0.1) is 24.8 Å². The summed E-state index contributed by atoms with van der Waals surface area (Å²) in [6.07, 6.45) is 0. The van der Waals surface area contributed by atoms with Crippen molar-refractivity contribution in [3.05, 3.63) is 65.2 Å². The van der Waals surface area contributed by atoms with Crippen molar-refractivity contribution >= 4 is 40.5 Å². The van der Waals surface area contributed by atoms with E-state index in [0.717, 1.165) is 16.7 Å². The normalized spacial score (nSPS) is 16.2. The van der Waals surface area contributed by atoms with E-state index >= 15 is 0 Å². The van der Waals surface area contributed by atoms with E-state index in [2.05, 4.69) is 10.1 Å². The summed E-state index contributed by atoms with van der Waals surface area (Å²) in [6, 6.07) is 12.4. The van der Waals surface area contributed by atoms with E-state index in [-0.39, 0.29) is 12.1 Å². The van der Waals surface area contributed by atoms with Crippen LogP contribution in [0.5, 0.6) is 0 Å². The van der Waals surface area contributed by atoms with E-state index in [1.54, 1.807) is 36.4 Å². The van der Waals surface area contributed by atoms with Crippen LogP contribution in [0.3, 0.4) is 0 Å². The van der Waals surface area contributed by atoms with Crippen molar-refractivity contribution in [1.82, 2.24) is 4.90 Å². The van der Waals surface area contributed by atoms with E-state index in [1.165, 1.54) is 19.2 Å². The van der Waals surface area contributed by atoms with Crippen molar-refractivity contribution in [2.24, 2.45) is 0 Å². The molecule has 9 heteroatoms. The lowest BCUT2D eigenvalue weighted by atomic mass is 10.1. The van der Waals surface area contributed by atoms with Gasteiger partial charge in [0.2, 0.25) is 0 Å². The standard InChI is InChI=1S/C19H16N2O6S/c1-27-18(25)13-6-8-14(9-7-13)20-15-16(22)21(19(26)28-15)10-11-2-4-12(5-3-11)17(23)24/h2-9,15,20H,10H2,1H3,(H,23,24)/t15-/m0/s1. The first-order chi connectivity index (χ1) is 13.4. The van der Waals surface area contributed by atoms with Crippen LogP contribution in [0.2, 0.25) is 0 Å². The number of amides is 2. The zero-order valence-electron chi connectivity index (χ0n) is 14.7. The van der Waals surface area contributed by atoms with Gasteiger partial charge in [-0.2, -0.15) is 0 Å². The third kappa shape index (κ3) is 4.15. The minimum Gasteiger partial charge on any atom is -0.478 e. The first kappa shape index (κ1) is 19.4. The smallest absolute Gasteiger partial charge is 0.337 e. The number of nitrogens with one attached hydrogen (secondary N) is 1. The Bertz CT molecular complexity index is 926. The van der Waals surface area contributed by atoms with Crippen molar-refractivity contribution in [1.29, 1.82) is 0 Å². The number of nitrogens with zero attached hydrogens (tertiary/aromatic N) is 1. The molecule has 28 heavy (non-hydrogen) atoms. The summed E-state index contributed by atoms with van der Waals surface area (Å²) in [5.74, 6) is -1.90. The highest BCUT2D eigenvalue weighted by molar-refractivity contribution is 8.15. The third-order valence-corrected chi connectivity index (χ3v) is 5.05. The quantitative estimate of drug-likeness (QED) is 0.712. The van der Waals surface area contributed by atoms with Gasteiger partial charge in [-0.1, -0.05) is 12.1 Å². The predicted octanol–water partition coefficient (Wildman–Crippen LogP) is 2.81. The summed E-state index contributed by atoms with van der Waals surface area (Å²) in [7, 11) is 1.29. The van der Waals surface area contributed by atoms with Gasteiger partial charge in [-0.15, -0.1) is 0 Å². The molecule has 1 aliphatic rings. The maximum atomic E-state index is 12.6. The van der Waals surface area contributed by atoms with E-state index in [4.69, 9.17) is 5.11 Å². The minimum absolute atomic E-state index is 0.0595. The van der Waals surface area contributed by atoms with Crippen LogP contribution in [0.1, 0.15) is 26.3 Å². The van der Waals surface area contributed by atoms with Gasteiger partial charge in [0.15, 0.2) is 5.37 Å². The Labute approximate surface area is 164 Å². The van der Waals surface area contributed by atoms with Gasteiger partial charge in [-0.25, -0.2) is 9.59 Å². The number of carbonyl (C=O) groups is 4. The van der Waals surface area contributed by atoms with E-state index in [9.17, 15) is 19.2 Å². The molecule has 0 aromatic heterocycles. The van der Waals surface area contributed by atoms with E-state index in [0.29, 0.717) is 16.8 Å². The van der Waals surface area contributed by atoms with Crippen LogP contribution in [0.15, 0.2) is 48.5 Å². The van der Waals surface area contributed by atoms with E-state index in [1.807, 2.05) is 0 Å². The Morgan fingerprint density at radius 2 is 1.68 bits per heavy atom. The maximum Gasteiger partial charge on any atom is 0.337 e. The fraction of sp³-hybridized carbons (Fsp3) is 0.158. The molecule has 1 aliphatic heterocycles. The van der Waals surface area contributed by atoms with E-state index < -0.39 is 28.5 Å². The van der Waals surface area contributed by atoms with Crippen LogP contribution in [-0.4, -0.2) is 45.6 Å². The SMILES string of the molecule is COC(=O)c1ccc(N[C@H]2SC(=O)N(Cc3ccc(C(=O)O)cc3)C2=O)cc1. The summed E-state index contributed by atoms with van der Waals surface area (Å²) < 4.78 is 4.63. The van der Waals surface area contributed by atoms with Crippen molar-refractivity contribution < 1.29 is 29.0 Å². The lowest BCUT2D eigenvalue weighted by molar-refractivity contribution is -0.126. The molecule has 1 fully saturated rings. The number of benzene rings is 2. The summed E-state index contributed by atoms with van der Waals surface area (Å²) in [4.78, 5) is 48.3. The maximum absolute atomic E-state index is 12.6. The van der Waals surface area contributed by atoms with Gasteiger partial charge in [-0.05, 0) is 53.7 Å². The lowest BCUT2D eigenvalue weighted by Crippen LogP contribution is -2.33. The molecule has 1 saturated heterocycles. The number of ether oxygens (including phenoxy) is 1. The number of anilines is 1. The number of methoxy groups -OCH3 is 1. The third-order valence-electron chi connectivity index (χ3n) is 4.07. The molecule has 1 atom stereocenters. The molecule has 2 aromatic rings. The second-order valence-electron chi connectivity index (χ2n) is 5.90. The predicted molar refractivity (Wildman–Crippen MR) is 102 cm³/mol. The first-order valence-corrected chi connectivity index (χ1v) is 9.06. The molecule has 0 spiro atoms. The fourth-order valence-corrected chi connectivity index (χ4v) is 3.49. The molecule has 0 bridgehead atoms. The van der Waals surface area contributed by atoms with Crippen LogP contribution in [0, 0.1) is 0 Å². The van der Waals surface area contributed by atoms with Gasteiger partial charge in [-0.3, -0.25) is 14.5 Å². The van der Waals surface area contributed by atoms with Gasteiger partial charge in [0.1, 0.15) is 0 Å². The summed E-state index contributed by atoms with van der Waals surface area (Å²) in [5.41, 5.74) is 1.74. The van der Waals surface area contributed by atoms with Crippen molar-refractivity contribution in [3.8, 4) is 0 Å². The summed E-state index contributed by atoms with van der Waals surface area (Å²) in [6.45, 7) is 0.0595. The zero-order valence-corrected chi connectivity index (χ0v) is 15.6. The highest BCUT2D eigenvalue weighted by atomic mass is 32.2. The highest BCUT2D eigenvalue weighted by Gasteiger charge is 2.39. The Hall–Kier alpha value is -3.33. The van der Waals surface area contributed by atoms with Crippen molar-refractivity contribution in [2.45, 2.75) is 11.9 Å². The molecule has 1 heterocycles. The minimum atomic E-state index is -1.04. The molecular weight excluding hydrogens is 384 g/mol. The molecule has 0 saturated carbocycles. The average molecular weight is 400 g/mol. The number of carboxylic acid groups (broad SMARTS) is 1. The number of carboxylic acids is 1. The molecule has 2 N–H and O–H groups in total. The van der Waals surface area contributed by atoms with Crippen molar-refractivity contribution in [2.75, 3.05) is 12.4 Å². The summed E-state index contributed by atoms with van der Waals surface area (Å²) in [5, 5.41) is 10.7. The number of hydrogen-bond donors (Lipinski definition) is 2. The monoisotopic (exact) mass is 400 g/mol. The number of hydrogen-bond acceptors (Lipinski definition) is 7. The molecule has 8 nitrogen and oxygen atoms in total.